The lowest BCUT2D eigenvalue weighted by Crippen LogP contribution is -2.46. The summed E-state index contributed by atoms with van der Waals surface area (Å²) in [6.45, 7) is 1.84. The number of ether oxygens (including phenoxy) is 2. The normalized spacial score (nSPS) is 29.3. The second-order valence-electron chi connectivity index (χ2n) is 6.11. The van der Waals surface area contributed by atoms with E-state index in [1.807, 2.05) is 6.07 Å². The number of carbonyl (C=O) groups is 3. The van der Waals surface area contributed by atoms with E-state index in [4.69, 9.17) is 15.0 Å². The van der Waals surface area contributed by atoms with E-state index in [0.29, 0.717) is 0 Å². The number of benzene rings is 1. The van der Waals surface area contributed by atoms with Crippen molar-refractivity contribution in [2.75, 3.05) is 6.61 Å². The molecule has 0 spiro atoms. The van der Waals surface area contributed by atoms with Gasteiger partial charge in [-0.3, -0.25) is 14.4 Å². The van der Waals surface area contributed by atoms with Crippen LogP contribution >= 0.6 is 0 Å². The van der Waals surface area contributed by atoms with E-state index in [1.54, 1.807) is 31.2 Å². The highest BCUT2D eigenvalue weighted by Gasteiger charge is 2.76. The standard InChI is InChI=1S/C17H17N3O5/c1-2-24-15(22)13-11-8-12(21)17(14(11)13,19-20-18)16(23)25-9-10-6-4-3-5-7-10/h3-7,11,13-14H,2,8-9H2,1H3/t11-,13-,14-,17-/m0/s1. The third-order valence-corrected chi connectivity index (χ3v) is 4.78. The minimum Gasteiger partial charge on any atom is -0.466 e. The van der Waals surface area contributed by atoms with Crippen molar-refractivity contribution in [3.05, 3.63) is 46.3 Å². The zero-order valence-electron chi connectivity index (χ0n) is 13.6. The Morgan fingerprint density at radius 1 is 1.32 bits per heavy atom. The molecule has 0 heterocycles. The van der Waals surface area contributed by atoms with Gasteiger partial charge in [0.2, 0.25) is 5.54 Å². The Morgan fingerprint density at radius 3 is 2.68 bits per heavy atom. The van der Waals surface area contributed by atoms with Gasteiger partial charge >= 0.3 is 11.9 Å². The predicted molar refractivity (Wildman–Crippen MR) is 84.8 cm³/mol. The van der Waals surface area contributed by atoms with Crippen LogP contribution in [-0.2, 0) is 30.5 Å². The molecule has 25 heavy (non-hydrogen) atoms. The Bertz CT molecular complexity index is 759. The summed E-state index contributed by atoms with van der Waals surface area (Å²) in [4.78, 5) is 39.7. The maximum Gasteiger partial charge on any atom is 0.326 e. The van der Waals surface area contributed by atoms with E-state index in [0.717, 1.165) is 5.56 Å². The number of Topliss-reactive ketones (excluding diaryl/α,β-unsaturated/α-hetero) is 1. The van der Waals surface area contributed by atoms with Crippen molar-refractivity contribution < 1.29 is 23.9 Å². The average Bonchev–Trinajstić information content (AvgIpc) is 3.25. The highest BCUT2D eigenvalue weighted by atomic mass is 16.5. The maximum atomic E-state index is 12.6. The van der Waals surface area contributed by atoms with Gasteiger partial charge in [0.15, 0.2) is 5.78 Å². The molecule has 8 heteroatoms. The quantitative estimate of drug-likeness (QED) is 0.258. The van der Waals surface area contributed by atoms with E-state index >= 15 is 0 Å². The Morgan fingerprint density at radius 2 is 2.04 bits per heavy atom. The molecule has 0 N–H and O–H groups in total. The first-order chi connectivity index (χ1) is 12.1. The van der Waals surface area contributed by atoms with Crippen LogP contribution < -0.4 is 0 Å². The number of hydrogen-bond acceptors (Lipinski definition) is 6. The van der Waals surface area contributed by atoms with Crippen molar-refractivity contribution in [3.8, 4) is 0 Å². The van der Waals surface area contributed by atoms with Crippen molar-refractivity contribution in [3.63, 3.8) is 0 Å². The number of rotatable bonds is 6. The van der Waals surface area contributed by atoms with E-state index in [9.17, 15) is 14.4 Å². The molecule has 2 aliphatic rings. The van der Waals surface area contributed by atoms with Gasteiger partial charge in [-0.05, 0) is 23.9 Å². The molecule has 8 nitrogen and oxygen atoms in total. The topological polar surface area (TPSA) is 118 Å². The minimum absolute atomic E-state index is 0.00754. The molecule has 3 rings (SSSR count). The Labute approximate surface area is 143 Å². The second-order valence-corrected chi connectivity index (χ2v) is 6.11. The molecule has 0 aromatic heterocycles. The van der Waals surface area contributed by atoms with Crippen LogP contribution in [0.2, 0.25) is 0 Å². The molecule has 1 aromatic carbocycles. The molecule has 2 saturated carbocycles. The molecular formula is C17H17N3O5. The van der Waals surface area contributed by atoms with E-state index in [-0.39, 0.29) is 25.6 Å². The fourth-order valence-electron chi connectivity index (χ4n) is 3.63. The van der Waals surface area contributed by atoms with Gasteiger partial charge in [-0.15, -0.1) is 0 Å². The van der Waals surface area contributed by atoms with Crippen LogP contribution in [0.4, 0.5) is 0 Å². The summed E-state index contributed by atoms with van der Waals surface area (Å²) in [6.07, 6.45) is 0.00754. The van der Waals surface area contributed by atoms with Gasteiger partial charge in [0, 0.05) is 17.3 Å². The predicted octanol–water partition coefficient (Wildman–Crippen LogP) is 2.18. The van der Waals surface area contributed by atoms with Gasteiger partial charge in [0.1, 0.15) is 6.61 Å². The molecule has 4 atom stereocenters. The Hall–Kier alpha value is -2.86. The highest BCUT2D eigenvalue weighted by Crippen LogP contribution is 2.63. The molecule has 130 valence electrons. The molecule has 0 amide bonds. The van der Waals surface area contributed by atoms with Gasteiger partial charge in [-0.2, -0.15) is 0 Å². The molecule has 1 aromatic rings. The zero-order chi connectivity index (χ0) is 18.0. The van der Waals surface area contributed by atoms with Gasteiger partial charge in [-0.25, -0.2) is 0 Å². The van der Waals surface area contributed by atoms with E-state index in [1.165, 1.54) is 0 Å². The first kappa shape index (κ1) is 17.0. The van der Waals surface area contributed by atoms with Crippen molar-refractivity contribution in [1.29, 1.82) is 0 Å². The largest absolute Gasteiger partial charge is 0.466 e. The van der Waals surface area contributed by atoms with Crippen molar-refractivity contribution in [1.82, 2.24) is 0 Å². The summed E-state index contributed by atoms with van der Waals surface area (Å²) in [5, 5.41) is 3.51. The summed E-state index contributed by atoms with van der Waals surface area (Å²) >= 11 is 0. The Kier molecular flexibility index (Phi) is 4.46. The van der Waals surface area contributed by atoms with Crippen LogP contribution in [0.1, 0.15) is 18.9 Å². The monoisotopic (exact) mass is 343 g/mol. The van der Waals surface area contributed by atoms with Crippen LogP contribution in [-0.4, -0.2) is 29.9 Å². The van der Waals surface area contributed by atoms with Crippen LogP contribution in [0.5, 0.6) is 0 Å². The van der Waals surface area contributed by atoms with Gasteiger partial charge in [0.05, 0.1) is 12.5 Å². The summed E-state index contributed by atoms with van der Waals surface area (Å²) in [7, 11) is 0. The third kappa shape index (κ3) is 2.74. The minimum atomic E-state index is -1.97. The third-order valence-electron chi connectivity index (χ3n) is 4.78. The van der Waals surface area contributed by atoms with Crippen molar-refractivity contribution >= 4 is 17.7 Å². The fraction of sp³-hybridized carbons (Fsp3) is 0.471. The molecular weight excluding hydrogens is 326 g/mol. The number of ketones is 1. The molecule has 2 aliphatic carbocycles. The highest BCUT2D eigenvalue weighted by molar-refractivity contribution is 6.13. The summed E-state index contributed by atoms with van der Waals surface area (Å²) < 4.78 is 10.2. The molecule has 2 fully saturated rings. The van der Waals surface area contributed by atoms with Gasteiger partial charge in [0.25, 0.3) is 0 Å². The lowest BCUT2D eigenvalue weighted by atomic mass is 9.90. The number of nitrogens with zero attached hydrogens (tertiary/aromatic N) is 3. The SMILES string of the molecule is CCOC(=O)[C@H]1[C@@H]2CC(=O)[C@@](N=[N+]=[N-])(C(=O)OCc3ccccc3)[C@@H]21. The lowest BCUT2D eigenvalue weighted by Gasteiger charge is -2.23. The summed E-state index contributed by atoms with van der Waals surface area (Å²) in [6, 6.07) is 8.95. The van der Waals surface area contributed by atoms with Gasteiger partial charge < -0.3 is 9.47 Å². The lowest BCUT2D eigenvalue weighted by molar-refractivity contribution is -0.156. The zero-order valence-corrected chi connectivity index (χ0v) is 13.6. The smallest absolute Gasteiger partial charge is 0.326 e. The Balaban J connectivity index is 1.81. The maximum absolute atomic E-state index is 12.6. The van der Waals surface area contributed by atoms with Gasteiger partial charge in [-0.1, -0.05) is 35.4 Å². The summed E-state index contributed by atoms with van der Waals surface area (Å²) in [5.74, 6) is -3.50. The van der Waals surface area contributed by atoms with E-state index < -0.39 is 35.1 Å². The first-order valence-electron chi connectivity index (χ1n) is 8.03. The number of fused-ring (bicyclic) bond motifs is 1. The second kappa shape index (κ2) is 6.57. The number of esters is 2. The fourth-order valence-corrected chi connectivity index (χ4v) is 3.63. The van der Waals surface area contributed by atoms with Crippen molar-refractivity contribution in [2.45, 2.75) is 25.5 Å². The molecule has 0 unspecified atom stereocenters. The van der Waals surface area contributed by atoms with E-state index in [2.05, 4.69) is 10.0 Å². The first-order valence-corrected chi connectivity index (χ1v) is 8.03. The molecule has 0 aliphatic heterocycles. The molecule has 0 radical (unpaired) electrons. The van der Waals surface area contributed by atoms with Crippen LogP contribution in [0.25, 0.3) is 10.4 Å². The average molecular weight is 343 g/mol. The number of azide groups is 1. The number of carbonyl (C=O) groups excluding carboxylic acids is 3. The van der Waals surface area contributed by atoms with Crippen LogP contribution in [0.3, 0.4) is 0 Å². The summed E-state index contributed by atoms with van der Waals surface area (Å²) in [5.41, 5.74) is 7.67. The van der Waals surface area contributed by atoms with Crippen LogP contribution in [0.15, 0.2) is 35.4 Å². The number of hydrogen-bond donors (Lipinski definition) is 0. The molecule has 0 saturated heterocycles. The molecule has 0 bridgehead atoms. The van der Waals surface area contributed by atoms with Crippen molar-refractivity contribution in [2.24, 2.45) is 22.9 Å². The van der Waals surface area contributed by atoms with Crippen LogP contribution in [0, 0.1) is 17.8 Å².